The van der Waals surface area contributed by atoms with E-state index in [1.54, 1.807) is 25.3 Å². The van der Waals surface area contributed by atoms with Crippen LogP contribution in [0.15, 0.2) is 47.1 Å². The van der Waals surface area contributed by atoms with Crippen molar-refractivity contribution in [1.29, 1.82) is 0 Å². The van der Waals surface area contributed by atoms with E-state index in [2.05, 4.69) is 6.92 Å². The van der Waals surface area contributed by atoms with Gasteiger partial charge in [-0.2, -0.15) is 0 Å². The molecule has 1 aromatic heterocycles. The molecule has 0 unspecified atom stereocenters. The van der Waals surface area contributed by atoms with Crippen molar-refractivity contribution in [2.24, 2.45) is 0 Å². The maximum Gasteiger partial charge on any atom is 0.236 e. The van der Waals surface area contributed by atoms with Crippen LogP contribution in [0.3, 0.4) is 0 Å². The van der Waals surface area contributed by atoms with Crippen molar-refractivity contribution in [3.8, 4) is 5.75 Å². The number of carbonyl (C=O) groups is 1. The maximum atomic E-state index is 12.4. The number of likely N-dealkylation sites (N-methyl/N-ethyl adjacent to an activating group) is 2. The van der Waals surface area contributed by atoms with Crippen molar-refractivity contribution in [3.05, 3.63) is 54.0 Å². The third kappa shape index (κ3) is 4.36. The van der Waals surface area contributed by atoms with Gasteiger partial charge in [-0.15, -0.1) is 0 Å². The molecule has 1 heterocycles. The summed E-state index contributed by atoms with van der Waals surface area (Å²) in [7, 11) is 5.38. The van der Waals surface area contributed by atoms with Crippen molar-refractivity contribution < 1.29 is 13.9 Å². The molecule has 0 spiro atoms. The molecule has 0 aliphatic carbocycles. The third-order valence-corrected chi connectivity index (χ3v) is 4.03. The summed E-state index contributed by atoms with van der Waals surface area (Å²) >= 11 is 0. The lowest BCUT2D eigenvalue weighted by Crippen LogP contribution is -2.37. The second kappa shape index (κ2) is 7.83. The van der Waals surface area contributed by atoms with Crippen LogP contribution in [0.5, 0.6) is 5.75 Å². The van der Waals surface area contributed by atoms with Gasteiger partial charge in [-0.05, 0) is 32.2 Å². The minimum Gasteiger partial charge on any atom is -0.496 e. The van der Waals surface area contributed by atoms with Crippen LogP contribution in [0.1, 0.15) is 24.3 Å². The van der Waals surface area contributed by atoms with Crippen molar-refractivity contribution in [2.75, 3.05) is 27.7 Å². The highest BCUT2D eigenvalue weighted by atomic mass is 16.5. The number of amides is 1. The quantitative estimate of drug-likeness (QED) is 0.788. The molecular weight excluding hydrogens is 292 g/mol. The third-order valence-electron chi connectivity index (χ3n) is 4.03. The van der Waals surface area contributed by atoms with E-state index in [9.17, 15) is 4.79 Å². The Balaban J connectivity index is 1.97. The Kier molecular flexibility index (Phi) is 5.82. The van der Waals surface area contributed by atoms with Crippen LogP contribution in [-0.2, 0) is 11.3 Å². The summed E-state index contributed by atoms with van der Waals surface area (Å²) in [5.74, 6) is 1.66. The summed E-state index contributed by atoms with van der Waals surface area (Å²) in [4.78, 5) is 16.1. The molecule has 0 radical (unpaired) electrons. The van der Waals surface area contributed by atoms with E-state index in [0.29, 0.717) is 13.1 Å². The van der Waals surface area contributed by atoms with Gasteiger partial charge in [0.15, 0.2) is 0 Å². The molecule has 2 rings (SSSR count). The van der Waals surface area contributed by atoms with Gasteiger partial charge in [0.2, 0.25) is 5.91 Å². The van der Waals surface area contributed by atoms with Gasteiger partial charge in [0, 0.05) is 18.7 Å². The lowest BCUT2D eigenvalue weighted by Gasteiger charge is -2.27. The summed E-state index contributed by atoms with van der Waals surface area (Å²) in [5, 5.41) is 0. The van der Waals surface area contributed by atoms with Gasteiger partial charge >= 0.3 is 0 Å². The van der Waals surface area contributed by atoms with Crippen LogP contribution in [0.4, 0.5) is 0 Å². The molecule has 2 aromatic rings. The average Bonchev–Trinajstić information content (AvgIpc) is 3.06. The highest BCUT2D eigenvalue weighted by Crippen LogP contribution is 2.27. The molecule has 0 aliphatic heterocycles. The fourth-order valence-corrected chi connectivity index (χ4v) is 2.44. The minimum atomic E-state index is 0.0469. The Labute approximate surface area is 137 Å². The number of benzene rings is 1. The van der Waals surface area contributed by atoms with Crippen LogP contribution in [0.2, 0.25) is 0 Å². The Hall–Kier alpha value is -2.27. The average molecular weight is 316 g/mol. The number of furan rings is 1. The zero-order valence-electron chi connectivity index (χ0n) is 14.2. The van der Waals surface area contributed by atoms with Gasteiger partial charge in [0.25, 0.3) is 0 Å². The minimum absolute atomic E-state index is 0.0469. The first-order valence-corrected chi connectivity index (χ1v) is 7.62. The molecule has 0 fully saturated rings. The lowest BCUT2D eigenvalue weighted by atomic mass is 10.1. The number of methoxy groups -OCH3 is 1. The van der Waals surface area contributed by atoms with Crippen LogP contribution >= 0.6 is 0 Å². The zero-order chi connectivity index (χ0) is 16.8. The van der Waals surface area contributed by atoms with Crippen LogP contribution in [-0.4, -0.2) is 43.5 Å². The molecule has 0 bridgehead atoms. The number of carbonyl (C=O) groups excluding carboxylic acids is 1. The van der Waals surface area contributed by atoms with Crippen molar-refractivity contribution >= 4 is 5.91 Å². The van der Waals surface area contributed by atoms with E-state index in [4.69, 9.17) is 9.15 Å². The number of ether oxygens (including phenoxy) is 1. The summed E-state index contributed by atoms with van der Waals surface area (Å²) in [6.07, 6.45) is 1.61. The molecule has 0 saturated heterocycles. The van der Waals surface area contributed by atoms with E-state index >= 15 is 0 Å². The SMILES string of the molecule is COc1ccccc1[C@H](C)N(C)CC(=O)N(C)Cc1ccco1. The Morgan fingerprint density at radius 3 is 2.61 bits per heavy atom. The normalized spacial score (nSPS) is 12.2. The van der Waals surface area contributed by atoms with E-state index in [1.807, 2.05) is 48.3 Å². The Morgan fingerprint density at radius 1 is 1.22 bits per heavy atom. The fourth-order valence-electron chi connectivity index (χ4n) is 2.44. The molecule has 124 valence electrons. The van der Waals surface area contributed by atoms with Gasteiger partial charge in [-0.25, -0.2) is 0 Å². The highest BCUT2D eigenvalue weighted by Gasteiger charge is 2.20. The number of para-hydroxylation sites is 1. The van der Waals surface area contributed by atoms with Gasteiger partial charge in [-0.1, -0.05) is 18.2 Å². The van der Waals surface area contributed by atoms with E-state index in [-0.39, 0.29) is 11.9 Å². The van der Waals surface area contributed by atoms with Crippen LogP contribution in [0.25, 0.3) is 0 Å². The van der Waals surface area contributed by atoms with E-state index < -0.39 is 0 Å². The smallest absolute Gasteiger partial charge is 0.236 e. The first-order chi connectivity index (χ1) is 11.0. The van der Waals surface area contributed by atoms with Crippen LogP contribution in [0, 0.1) is 0 Å². The fraction of sp³-hybridized carbons (Fsp3) is 0.389. The molecule has 0 N–H and O–H groups in total. The second-order valence-corrected chi connectivity index (χ2v) is 5.66. The standard InChI is InChI=1S/C18H24N2O3/c1-14(16-9-5-6-10-17(16)22-4)19(2)13-18(21)20(3)12-15-8-7-11-23-15/h5-11,14H,12-13H2,1-4H3/t14-/m0/s1. The van der Waals surface area contributed by atoms with Gasteiger partial charge in [0.1, 0.15) is 11.5 Å². The number of nitrogens with zero attached hydrogens (tertiary/aromatic N) is 2. The molecule has 0 aliphatic rings. The van der Waals surface area contributed by atoms with E-state index in [1.165, 1.54) is 0 Å². The zero-order valence-corrected chi connectivity index (χ0v) is 14.2. The van der Waals surface area contributed by atoms with Gasteiger partial charge in [0.05, 0.1) is 26.5 Å². The second-order valence-electron chi connectivity index (χ2n) is 5.66. The topological polar surface area (TPSA) is 45.9 Å². The van der Waals surface area contributed by atoms with Gasteiger partial charge < -0.3 is 14.1 Å². The van der Waals surface area contributed by atoms with Crippen molar-refractivity contribution in [3.63, 3.8) is 0 Å². The van der Waals surface area contributed by atoms with E-state index in [0.717, 1.165) is 17.1 Å². The summed E-state index contributed by atoms with van der Waals surface area (Å²) in [6, 6.07) is 11.6. The molecule has 1 aromatic carbocycles. The molecular formula is C18H24N2O3. The first-order valence-electron chi connectivity index (χ1n) is 7.62. The summed E-state index contributed by atoms with van der Waals surface area (Å²) in [6.45, 7) is 2.87. The Bertz CT molecular complexity index is 625. The summed E-state index contributed by atoms with van der Waals surface area (Å²) in [5.41, 5.74) is 1.07. The maximum absolute atomic E-state index is 12.4. The van der Waals surface area contributed by atoms with Crippen molar-refractivity contribution in [2.45, 2.75) is 19.5 Å². The van der Waals surface area contributed by atoms with Gasteiger partial charge in [-0.3, -0.25) is 9.69 Å². The molecule has 5 nitrogen and oxygen atoms in total. The predicted molar refractivity (Wildman–Crippen MR) is 89.2 cm³/mol. The lowest BCUT2D eigenvalue weighted by molar-refractivity contribution is -0.132. The predicted octanol–water partition coefficient (Wildman–Crippen LogP) is 2.94. The number of hydrogen-bond donors (Lipinski definition) is 0. The number of hydrogen-bond acceptors (Lipinski definition) is 4. The Morgan fingerprint density at radius 2 is 1.96 bits per heavy atom. The monoisotopic (exact) mass is 316 g/mol. The van der Waals surface area contributed by atoms with Crippen LogP contribution < -0.4 is 4.74 Å². The largest absolute Gasteiger partial charge is 0.496 e. The first kappa shape index (κ1) is 17.1. The molecule has 1 atom stereocenters. The molecule has 0 saturated carbocycles. The molecule has 23 heavy (non-hydrogen) atoms. The van der Waals surface area contributed by atoms with Crippen molar-refractivity contribution in [1.82, 2.24) is 9.80 Å². The number of rotatable bonds is 7. The summed E-state index contributed by atoms with van der Waals surface area (Å²) < 4.78 is 10.7. The molecule has 1 amide bonds. The molecule has 5 heteroatoms. The highest BCUT2D eigenvalue weighted by molar-refractivity contribution is 5.78.